The van der Waals surface area contributed by atoms with Crippen LogP contribution in [0, 0.1) is 0 Å². The van der Waals surface area contributed by atoms with Gasteiger partial charge in [-0.05, 0) is 8.93 Å². The summed E-state index contributed by atoms with van der Waals surface area (Å²) < 4.78 is 9.29. The van der Waals surface area contributed by atoms with Gasteiger partial charge in [-0.3, -0.25) is 4.57 Å². The predicted molar refractivity (Wildman–Crippen MR) is 21.8 cm³/mol. The van der Waals surface area contributed by atoms with E-state index in [4.69, 9.17) is 9.79 Å². The molecule has 6 heteroatoms. The SMILES string of the molecule is O=P(O)(O)P.[Fe]. The van der Waals surface area contributed by atoms with Crippen LogP contribution in [-0.2, 0) is 21.6 Å². The van der Waals surface area contributed by atoms with Crippen LogP contribution in [0.4, 0.5) is 0 Å². The van der Waals surface area contributed by atoms with Crippen molar-refractivity contribution in [2.24, 2.45) is 0 Å². The fraction of sp³-hybridized carbons (Fsp3) is 0. The van der Waals surface area contributed by atoms with Crippen molar-refractivity contribution >= 4 is 16.2 Å². The minimum absolute atomic E-state index is 0. The molecule has 0 aromatic carbocycles. The molecule has 0 aromatic heterocycles. The number of rotatable bonds is 0. The van der Waals surface area contributed by atoms with Crippen molar-refractivity contribution in [1.29, 1.82) is 0 Å². The smallest absolute Gasteiger partial charge is 0.322 e. The molecule has 1 unspecified atom stereocenters. The molecular weight excluding hydrogens is 166 g/mol. The minimum atomic E-state index is -3.72. The normalized spacial score (nSPS) is 9.83. The summed E-state index contributed by atoms with van der Waals surface area (Å²) in [5, 5.41) is 0. The Morgan fingerprint density at radius 3 is 1.50 bits per heavy atom. The standard InChI is InChI=1S/Fe.H4O3P2/c;1-5(2,3)4/h;4H2,(H2,1,2,3). The van der Waals surface area contributed by atoms with E-state index in [0.717, 1.165) is 0 Å². The van der Waals surface area contributed by atoms with Gasteiger partial charge in [0.25, 0.3) is 0 Å². The maximum atomic E-state index is 9.29. The molecule has 1 atom stereocenters. The second kappa shape index (κ2) is 3.15. The summed E-state index contributed by atoms with van der Waals surface area (Å²) in [6, 6.07) is 0. The summed E-state index contributed by atoms with van der Waals surface area (Å²) >= 11 is 0. The first-order valence-corrected chi connectivity index (χ1v) is 4.07. The molecule has 6 heavy (non-hydrogen) atoms. The van der Waals surface area contributed by atoms with E-state index in [-0.39, 0.29) is 17.1 Å². The van der Waals surface area contributed by atoms with E-state index in [1.165, 1.54) is 8.93 Å². The first-order valence-electron chi connectivity index (χ1n) is 0.841. The van der Waals surface area contributed by atoms with Crippen LogP contribution in [0.5, 0.6) is 0 Å². The second-order valence-corrected chi connectivity index (χ2v) is 3.79. The van der Waals surface area contributed by atoms with Gasteiger partial charge in [0.05, 0.1) is 0 Å². The molecule has 0 heterocycles. The van der Waals surface area contributed by atoms with Crippen LogP contribution in [0.25, 0.3) is 0 Å². The van der Waals surface area contributed by atoms with Gasteiger partial charge in [-0.25, -0.2) is 0 Å². The van der Waals surface area contributed by atoms with Crippen LogP contribution >= 0.6 is 16.2 Å². The van der Waals surface area contributed by atoms with Gasteiger partial charge in [0, 0.05) is 17.1 Å². The third kappa shape index (κ3) is 70.9. The Hall–Kier alpha value is 1.10. The Morgan fingerprint density at radius 1 is 1.50 bits per heavy atom. The third-order valence-corrected chi connectivity index (χ3v) is 0. The van der Waals surface area contributed by atoms with Crippen LogP contribution in [-0.4, -0.2) is 9.79 Å². The number of hydrogen-bond acceptors (Lipinski definition) is 1. The van der Waals surface area contributed by atoms with Gasteiger partial charge in [0.2, 0.25) is 0 Å². The van der Waals surface area contributed by atoms with Crippen LogP contribution in [0.3, 0.4) is 0 Å². The summed E-state index contributed by atoms with van der Waals surface area (Å²) in [6.45, 7) is 0. The van der Waals surface area contributed by atoms with Gasteiger partial charge in [-0.15, -0.1) is 0 Å². The summed E-state index contributed by atoms with van der Waals surface area (Å²) in [7, 11) is -2.34. The first-order chi connectivity index (χ1) is 2.00. The Balaban J connectivity index is 0. The zero-order valence-corrected chi connectivity index (χ0v) is 5.83. The molecule has 0 aliphatic carbocycles. The maximum absolute atomic E-state index is 9.29. The zero-order valence-electron chi connectivity index (χ0n) is 2.68. The van der Waals surface area contributed by atoms with E-state index in [1.54, 1.807) is 0 Å². The summed E-state index contributed by atoms with van der Waals surface area (Å²) in [5.74, 6) is 0. The molecule has 0 bridgehead atoms. The van der Waals surface area contributed by atoms with Gasteiger partial charge >= 0.3 is 7.28 Å². The first kappa shape index (κ1) is 10.2. The molecule has 0 spiro atoms. The minimum Gasteiger partial charge on any atom is -0.322 e. The van der Waals surface area contributed by atoms with Gasteiger partial charge in [0.1, 0.15) is 0 Å². The Labute approximate surface area is 48.2 Å². The largest absolute Gasteiger partial charge is 0.338 e. The van der Waals surface area contributed by atoms with E-state index in [2.05, 4.69) is 0 Å². The van der Waals surface area contributed by atoms with Crippen LogP contribution in [0.2, 0.25) is 0 Å². The van der Waals surface area contributed by atoms with Gasteiger partial charge in [0.15, 0.2) is 0 Å². The Morgan fingerprint density at radius 2 is 1.50 bits per heavy atom. The Kier molecular flexibility index (Phi) is 5.33. The molecule has 0 saturated heterocycles. The van der Waals surface area contributed by atoms with Crippen LogP contribution in [0.1, 0.15) is 0 Å². The molecule has 3 nitrogen and oxygen atoms in total. The molecule has 40 valence electrons. The predicted octanol–water partition coefficient (Wildman–Crippen LogP) is -0.0483. The zero-order chi connectivity index (χ0) is 4.50. The summed E-state index contributed by atoms with van der Waals surface area (Å²) in [4.78, 5) is 15.2. The van der Waals surface area contributed by atoms with Crippen molar-refractivity contribution in [2.45, 2.75) is 0 Å². The number of hydrogen-bond donors (Lipinski definition) is 2. The molecule has 0 fully saturated rings. The van der Waals surface area contributed by atoms with Crippen molar-refractivity contribution in [2.75, 3.05) is 0 Å². The summed E-state index contributed by atoms with van der Waals surface area (Å²) in [5.41, 5.74) is 0. The van der Waals surface area contributed by atoms with Crippen molar-refractivity contribution in [1.82, 2.24) is 0 Å². The van der Waals surface area contributed by atoms with Crippen LogP contribution < -0.4 is 0 Å². The van der Waals surface area contributed by atoms with Crippen molar-refractivity contribution in [3.8, 4) is 0 Å². The quantitative estimate of drug-likeness (QED) is 0.395. The molecule has 0 aliphatic rings. The molecule has 2 N–H and O–H groups in total. The monoisotopic (exact) mass is 170 g/mol. The molecular formula is H4FeO3P2. The fourth-order valence-corrected chi connectivity index (χ4v) is 0. The average molecular weight is 170 g/mol. The second-order valence-electron chi connectivity index (χ2n) is 0.589. The third-order valence-electron chi connectivity index (χ3n) is 0. The molecule has 0 aromatic rings. The fourth-order valence-electron chi connectivity index (χ4n) is 0. The molecule has 0 radical (unpaired) electrons. The van der Waals surface area contributed by atoms with E-state index < -0.39 is 7.28 Å². The van der Waals surface area contributed by atoms with E-state index in [0.29, 0.717) is 0 Å². The van der Waals surface area contributed by atoms with E-state index in [9.17, 15) is 4.57 Å². The molecule has 0 saturated carbocycles. The van der Waals surface area contributed by atoms with Gasteiger partial charge in [-0.1, -0.05) is 0 Å². The topological polar surface area (TPSA) is 57.5 Å². The van der Waals surface area contributed by atoms with Crippen molar-refractivity contribution in [3.05, 3.63) is 0 Å². The average Bonchev–Trinajstić information content (AvgIpc) is 0.722. The van der Waals surface area contributed by atoms with Crippen molar-refractivity contribution in [3.63, 3.8) is 0 Å². The van der Waals surface area contributed by atoms with Crippen LogP contribution in [0.15, 0.2) is 0 Å². The molecule has 0 amide bonds. The van der Waals surface area contributed by atoms with E-state index in [1.807, 2.05) is 0 Å². The Bertz CT molecular complexity index is 54.9. The van der Waals surface area contributed by atoms with Gasteiger partial charge < -0.3 is 9.79 Å². The maximum Gasteiger partial charge on any atom is 0.338 e. The molecule has 0 aliphatic heterocycles. The summed E-state index contributed by atoms with van der Waals surface area (Å²) in [6.07, 6.45) is 0. The van der Waals surface area contributed by atoms with Gasteiger partial charge in [-0.2, -0.15) is 0 Å². The van der Waals surface area contributed by atoms with Crippen molar-refractivity contribution < 1.29 is 31.4 Å². The van der Waals surface area contributed by atoms with E-state index >= 15 is 0 Å². The molecule has 0 rings (SSSR count).